The Kier molecular flexibility index (Phi) is 3.89. The summed E-state index contributed by atoms with van der Waals surface area (Å²) < 4.78 is 0. The molecule has 0 spiro atoms. The van der Waals surface area contributed by atoms with Gasteiger partial charge in [0.15, 0.2) is 6.10 Å². The molecular weight excluding hydrogens is 226 g/mol. The molecule has 0 fully saturated rings. The summed E-state index contributed by atoms with van der Waals surface area (Å²) in [4.78, 5) is 15.9. The van der Waals surface area contributed by atoms with Crippen molar-refractivity contribution in [2.24, 2.45) is 5.73 Å². The Morgan fingerprint density at radius 1 is 1.47 bits per heavy atom. The number of nitrogens with two attached hydrogens (primary N) is 1. The molecule has 0 radical (unpaired) electrons. The molecule has 1 aromatic rings. The predicted octanol–water partition coefficient (Wildman–Crippen LogP) is -0.0689. The fraction of sp³-hybridized carbons (Fsp3) is 0.200. The number of aromatic hydroxyl groups is 1. The summed E-state index contributed by atoms with van der Waals surface area (Å²) in [5.74, 6) is -1.43. The number of nitrogens with zero attached hydrogens (tertiary/aromatic N) is 1. The normalized spacial score (nSPS) is 11.6. The van der Waals surface area contributed by atoms with E-state index in [2.05, 4.69) is 0 Å². The molecule has 5 N–H and O–H groups in total. The van der Waals surface area contributed by atoms with E-state index in [0.29, 0.717) is 0 Å². The Bertz CT molecular complexity index is 416. The van der Waals surface area contributed by atoms with Gasteiger partial charge in [-0.25, -0.2) is 4.79 Å². The number of benzene rings is 1. The lowest BCUT2D eigenvalue weighted by molar-refractivity contribution is -0.152. The van der Waals surface area contributed by atoms with E-state index in [-0.39, 0.29) is 11.4 Å². The van der Waals surface area contributed by atoms with E-state index in [1.54, 1.807) is 0 Å². The summed E-state index contributed by atoms with van der Waals surface area (Å²) in [6.45, 7) is 1.23. The zero-order valence-electron chi connectivity index (χ0n) is 9.12. The van der Waals surface area contributed by atoms with Crippen molar-refractivity contribution >= 4 is 17.6 Å². The number of phenolic OH excluding ortho intramolecular Hbond substituents is 1. The molecule has 1 atom stereocenters. The maximum Gasteiger partial charge on any atom is 0.360 e. The first-order valence-electron chi connectivity index (χ1n) is 4.75. The molecule has 92 valence electrons. The molecule has 0 bridgehead atoms. The van der Waals surface area contributed by atoms with Crippen LogP contribution in [0.5, 0.6) is 5.75 Å². The van der Waals surface area contributed by atoms with Crippen LogP contribution in [-0.2, 0) is 9.63 Å². The Labute approximate surface area is 97.5 Å². The van der Waals surface area contributed by atoms with E-state index < -0.39 is 18.0 Å². The number of aliphatic hydroxyl groups excluding tert-OH is 1. The Balaban J connectivity index is 2.90. The van der Waals surface area contributed by atoms with Gasteiger partial charge in [0.2, 0.25) is 5.96 Å². The lowest BCUT2D eigenvalue weighted by Gasteiger charge is -2.21. The van der Waals surface area contributed by atoms with Crippen LogP contribution in [0.25, 0.3) is 0 Å². The molecular formula is C10H13N3O4. The molecule has 0 aromatic heterocycles. The van der Waals surface area contributed by atoms with Gasteiger partial charge in [-0.15, -0.1) is 5.06 Å². The highest BCUT2D eigenvalue weighted by atomic mass is 16.7. The zero-order chi connectivity index (χ0) is 13.0. The molecule has 1 unspecified atom stereocenters. The average Bonchev–Trinajstić information content (AvgIpc) is 2.26. The number of anilines is 1. The maximum absolute atomic E-state index is 11.2. The highest BCUT2D eigenvalue weighted by Crippen LogP contribution is 2.18. The lowest BCUT2D eigenvalue weighted by Crippen LogP contribution is -2.40. The van der Waals surface area contributed by atoms with Crippen molar-refractivity contribution in [3.8, 4) is 5.75 Å². The highest BCUT2D eigenvalue weighted by Gasteiger charge is 2.19. The highest BCUT2D eigenvalue weighted by molar-refractivity contribution is 5.93. The summed E-state index contributed by atoms with van der Waals surface area (Å²) in [6, 6.07) is 5.51. The third kappa shape index (κ3) is 3.35. The van der Waals surface area contributed by atoms with Gasteiger partial charge in [-0.3, -0.25) is 5.41 Å². The van der Waals surface area contributed by atoms with Gasteiger partial charge in [0.05, 0.1) is 5.69 Å². The molecule has 7 heteroatoms. The third-order valence-electron chi connectivity index (χ3n) is 1.83. The minimum Gasteiger partial charge on any atom is -0.508 e. The molecule has 0 aliphatic carbocycles. The average molecular weight is 239 g/mol. The summed E-state index contributed by atoms with van der Waals surface area (Å²) in [5, 5.41) is 26.1. The monoisotopic (exact) mass is 239 g/mol. The lowest BCUT2D eigenvalue weighted by atomic mass is 10.3. The minimum absolute atomic E-state index is 0.0269. The van der Waals surface area contributed by atoms with Crippen LogP contribution in [0.1, 0.15) is 6.92 Å². The summed E-state index contributed by atoms with van der Waals surface area (Å²) in [5.41, 5.74) is 5.52. The van der Waals surface area contributed by atoms with Crippen molar-refractivity contribution in [1.82, 2.24) is 0 Å². The van der Waals surface area contributed by atoms with Crippen molar-refractivity contribution in [1.29, 1.82) is 5.41 Å². The third-order valence-corrected chi connectivity index (χ3v) is 1.83. The molecule has 7 nitrogen and oxygen atoms in total. The van der Waals surface area contributed by atoms with E-state index in [1.807, 2.05) is 0 Å². The van der Waals surface area contributed by atoms with Crippen LogP contribution >= 0.6 is 0 Å². The molecule has 0 aliphatic rings. The Morgan fingerprint density at radius 3 is 2.41 bits per heavy atom. The van der Waals surface area contributed by atoms with Crippen molar-refractivity contribution in [2.45, 2.75) is 13.0 Å². The number of aliphatic hydroxyl groups is 1. The van der Waals surface area contributed by atoms with E-state index >= 15 is 0 Å². The standard InChI is InChI=1S/C10H13N3O4/c1-6(14)9(16)17-13(10(11)12)7-2-4-8(15)5-3-7/h2-6,14-15H,1H3,(H3,11,12). The van der Waals surface area contributed by atoms with E-state index in [4.69, 9.17) is 26.2 Å². The number of hydrogen-bond acceptors (Lipinski definition) is 5. The van der Waals surface area contributed by atoms with Crippen molar-refractivity contribution in [2.75, 3.05) is 5.06 Å². The number of phenols is 1. The number of guanidine groups is 1. The topological polar surface area (TPSA) is 120 Å². The van der Waals surface area contributed by atoms with Gasteiger partial charge in [-0.1, -0.05) is 0 Å². The molecule has 0 saturated carbocycles. The number of nitrogens with one attached hydrogen (secondary N) is 1. The van der Waals surface area contributed by atoms with Crippen molar-refractivity contribution < 1.29 is 19.8 Å². The second kappa shape index (κ2) is 5.17. The number of hydroxylamine groups is 1. The van der Waals surface area contributed by atoms with Crippen LogP contribution in [-0.4, -0.2) is 28.2 Å². The first-order chi connectivity index (χ1) is 7.91. The van der Waals surface area contributed by atoms with Crippen LogP contribution in [0.3, 0.4) is 0 Å². The van der Waals surface area contributed by atoms with E-state index in [0.717, 1.165) is 5.06 Å². The van der Waals surface area contributed by atoms with Crippen molar-refractivity contribution in [3.05, 3.63) is 24.3 Å². The smallest absolute Gasteiger partial charge is 0.360 e. The van der Waals surface area contributed by atoms with Gasteiger partial charge in [0.1, 0.15) is 5.75 Å². The molecule has 17 heavy (non-hydrogen) atoms. The van der Waals surface area contributed by atoms with Crippen LogP contribution in [0.4, 0.5) is 5.69 Å². The summed E-state index contributed by atoms with van der Waals surface area (Å²) >= 11 is 0. The first-order valence-corrected chi connectivity index (χ1v) is 4.75. The molecule has 1 rings (SSSR count). The largest absolute Gasteiger partial charge is 0.508 e. The van der Waals surface area contributed by atoms with Crippen LogP contribution in [0, 0.1) is 5.41 Å². The number of rotatable bonds is 2. The van der Waals surface area contributed by atoms with Crippen LogP contribution < -0.4 is 10.8 Å². The van der Waals surface area contributed by atoms with Gasteiger partial charge in [0, 0.05) is 0 Å². The molecule has 0 saturated heterocycles. The zero-order valence-corrected chi connectivity index (χ0v) is 9.12. The Morgan fingerprint density at radius 2 is 2.00 bits per heavy atom. The minimum atomic E-state index is -1.33. The SMILES string of the molecule is CC(O)C(=O)ON(C(=N)N)c1ccc(O)cc1. The van der Waals surface area contributed by atoms with Gasteiger partial charge < -0.3 is 20.8 Å². The summed E-state index contributed by atoms with van der Waals surface area (Å²) in [7, 11) is 0. The van der Waals surface area contributed by atoms with Gasteiger partial charge >= 0.3 is 5.97 Å². The second-order valence-electron chi connectivity index (χ2n) is 3.28. The summed E-state index contributed by atoms with van der Waals surface area (Å²) in [6.07, 6.45) is -1.33. The Hall–Kier alpha value is -2.28. The maximum atomic E-state index is 11.2. The fourth-order valence-electron chi connectivity index (χ4n) is 0.995. The fourth-order valence-corrected chi connectivity index (χ4v) is 0.995. The predicted molar refractivity (Wildman–Crippen MR) is 60.3 cm³/mol. The number of hydrogen-bond donors (Lipinski definition) is 4. The molecule has 0 heterocycles. The molecule has 1 aromatic carbocycles. The molecule has 0 aliphatic heterocycles. The van der Waals surface area contributed by atoms with Gasteiger partial charge in [-0.05, 0) is 31.2 Å². The quantitative estimate of drug-likeness (QED) is 0.326. The van der Waals surface area contributed by atoms with E-state index in [1.165, 1.54) is 31.2 Å². The van der Waals surface area contributed by atoms with Gasteiger partial charge in [0.25, 0.3) is 0 Å². The number of carbonyl (C=O) groups excluding carboxylic acids is 1. The molecule has 0 amide bonds. The first kappa shape index (κ1) is 12.8. The van der Waals surface area contributed by atoms with Crippen LogP contribution in [0.2, 0.25) is 0 Å². The second-order valence-corrected chi connectivity index (χ2v) is 3.28. The van der Waals surface area contributed by atoms with Gasteiger partial charge in [-0.2, -0.15) is 0 Å². The number of carbonyl (C=O) groups is 1. The van der Waals surface area contributed by atoms with E-state index in [9.17, 15) is 4.79 Å². The van der Waals surface area contributed by atoms with Crippen molar-refractivity contribution in [3.63, 3.8) is 0 Å². The van der Waals surface area contributed by atoms with Crippen LogP contribution in [0.15, 0.2) is 24.3 Å².